The van der Waals surface area contributed by atoms with Gasteiger partial charge in [0.1, 0.15) is 23.0 Å². The second kappa shape index (κ2) is 11.2. The summed E-state index contributed by atoms with van der Waals surface area (Å²) in [4.78, 5) is 32.2. The van der Waals surface area contributed by atoms with Crippen LogP contribution in [0.15, 0.2) is 72.6 Å². The Morgan fingerprint density at radius 1 is 1.03 bits per heavy atom. The topological polar surface area (TPSA) is 98.2 Å². The van der Waals surface area contributed by atoms with Crippen LogP contribution in [0.25, 0.3) is 5.76 Å². The Kier molecular flexibility index (Phi) is 7.77. The number of likely N-dealkylation sites (tertiary alicyclic amines) is 1. The van der Waals surface area contributed by atoms with E-state index in [1.54, 1.807) is 60.9 Å². The van der Waals surface area contributed by atoms with Crippen LogP contribution in [0.5, 0.6) is 17.2 Å². The molecule has 2 aromatic carbocycles. The standard InChI is InChI=1S/C29H30N2O6/c1-18(2)17-37-21-9-7-20(8-10-21)27(32)25-26(23-12-11-22(35-3)14-24(23)36-4)31(29(34)28(25)33)16-19-6-5-13-30-15-19/h5-15,18,26,32H,16-17H2,1-4H3/t26-/m1/s1. The zero-order chi connectivity index (χ0) is 26.5. The number of methoxy groups -OCH3 is 2. The van der Waals surface area contributed by atoms with Crippen LogP contribution in [0.3, 0.4) is 0 Å². The number of rotatable bonds is 9. The van der Waals surface area contributed by atoms with Gasteiger partial charge < -0.3 is 24.2 Å². The van der Waals surface area contributed by atoms with Crippen molar-refractivity contribution in [1.29, 1.82) is 0 Å². The third kappa shape index (κ3) is 5.43. The number of aliphatic hydroxyl groups is 1. The van der Waals surface area contributed by atoms with E-state index >= 15 is 0 Å². The number of ketones is 1. The molecule has 8 heteroatoms. The number of aromatic nitrogens is 1. The highest BCUT2D eigenvalue weighted by Crippen LogP contribution is 2.44. The minimum Gasteiger partial charge on any atom is -0.507 e. The summed E-state index contributed by atoms with van der Waals surface area (Å²) >= 11 is 0. The zero-order valence-electron chi connectivity index (χ0n) is 21.3. The first kappa shape index (κ1) is 25.8. The van der Waals surface area contributed by atoms with Crippen molar-refractivity contribution in [3.8, 4) is 17.2 Å². The molecule has 1 aliphatic heterocycles. The Labute approximate surface area is 216 Å². The molecule has 1 N–H and O–H groups in total. The number of hydrogen-bond donors (Lipinski definition) is 1. The number of benzene rings is 2. The summed E-state index contributed by atoms with van der Waals surface area (Å²) in [5.41, 5.74) is 1.67. The van der Waals surface area contributed by atoms with Gasteiger partial charge in [-0.15, -0.1) is 0 Å². The molecule has 3 aromatic rings. The molecule has 0 saturated carbocycles. The molecule has 1 aromatic heterocycles. The lowest BCUT2D eigenvalue weighted by molar-refractivity contribution is -0.140. The van der Waals surface area contributed by atoms with Gasteiger partial charge in [-0.1, -0.05) is 19.9 Å². The summed E-state index contributed by atoms with van der Waals surface area (Å²) in [6.07, 6.45) is 3.27. The monoisotopic (exact) mass is 502 g/mol. The molecule has 1 saturated heterocycles. The van der Waals surface area contributed by atoms with Crippen molar-refractivity contribution in [3.05, 3.63) is 89.3 Å². The third-order valence-corrected chi connectivity index (χ3v) is 6.06. The first-order valence-corrected chi connectivity index (χ1v) is 12.0. The van der Waals surface area contributed by atoms with Crippen LogP contribution in [-0.2, 0) is 16.1 Å². The number of aliphatic hydroxyl groups excluding tert-OH is 1. The predicted molar refractivity (Wildman–Crippen MR) is 138 cm³/mol. The van der Waals surface area contributed by atoms with Gasteiger partial charge in [-0.25, -0.2) is 0 Å². The molecule has 4 rings (SSSR count). The largest absolute Gasteiger partial charge is 0.507 e. The summed E-state index contributed by atoms with van der Waals surface area (Å²) < 4.78 is 16.7. The van der Waals surface area contributed by atoms with Gasteiger partial charge in [-0.05, 0) is 53.9 Å². The number of Topliss-reactive ketones (excluding diaryl/α,β-unsaturated/α-hetero) is 1. The summed E-state index contributed by atoms with van der Waals surface area (Å²) in [5.74, 6) is 0.228. The smallest absolute Gasteiger partial charge is 0.295 e. The van der Waals surface area contributed by atoms with Gasteiger partial charge in [0.2, 0.25) is 0 Å². The minimum atomic E-state index is -0.891. The number of carbonyl (C=O) groups is 2. The van der Waals surface area contributed by atoms with E-state index in [0.29, 0.717) is 40.9 Å². The Morgan fingerprint density at radius 2 is 1.76 bits per heavy atom. The van der Waals surface area contributed by atoms with Crippen molar-refractivity contribution in [2.75, 3.05) is 20.8 Å². The van der Waals surface area contributed by atoms with Gasteiger partial charge in [0.05, 0.1) is 32.4 Å². The van der Waals surface area contributed by atoms with Gasteiger partial charge in [0, 0.05) is 36.1 Å². The van der Waals surface area contributed by atoms with Crippen molar-refractivity contribution in [1.82, 2.24) is 9.88 Å². The number of ether oxygens (including phenoxy) is 3. The lowest BCUT2D eigenvalue weighted by Crippen LogP contribution is -2.29. The minimum absolute atomic E-state index is 0.0202. The van der Waals surface area contributed by atoms with E-state index in [1.807, 2.05) is 6.07 Å². The lowest BCUT2D eigenvalue weighted by Gasteiger charge is -2.26. The molecule has 8 nitrogen and oxygen atoms in total. The fourth-order valence-corrected chi connectivity index (χ4v) is 4.23. The van der Waals surface area contributed by atoms with Crippen LogP contribution in [0.1, 0.15) is 36.6 Å². The number of hydrogen-bond acceptors (Lipinski definition) is 7. The quantitative estimate of drug-likeness (QED) is 0.256. The molecule has 37 heavy (non-hydrogen) atoms. The first-order chi connectivity index (χ1) is 17.8. The van der Waals surface area contributed by atoms with E-state index in [4.69, 9.17) is 14.2 Å². The van der Waals surface area contributed by atoms with E-state index in [1.165, 1.54) is 19.1 Å². The second-order valence-corrected chi connectivity index (χ2v) is 9.13. The molecule has 0 spiro atoms. The zero-order valence-corrected chi connectivity index (χ0v) is 21.3. The van der Waals surface area contributed by atoms with Crippen molar-refractivity contribution in [2.24, 2.45) is 5.92 Å². The van der Waals surface area contributed by atoms with E-state index in [0.717, 1.165) is 5.56 Å². The molecular weight excluding hydrogens is 472 g/mol. The fourth-order valence-electron chi connectivity index (χ4n) is 4.23. The van der Waals surface area contributed by atoms with Crippen LogP contribution in [0, 0.1) is 5.92 Å². The molecule has 0 unspecified atom stereocenters. The van der Waals surface area contributed by atoms with E-state index in [9.17, 15) is 14.7 Å². The van der Waals surface area contributed by atoms with Crippen LogP contribution in [0.2, 0.25) is 0 Å². The van der Waals surface area contributed by atoms with Crippen LogP contribution < -0.4 is 14.2 Å². The summed E-state index contributed by atoms with van der Waals surface area (Å²) in [6.45, 7) is 4.79. The second-order valence-electron chi connectivity index (χ2n) is 9.13. The SMILES string of the molecule is COc1ccc([C@@H]2C(=C(O)c3ccc(OCC(C)C)cc3)C(=O)C(=O)N2Cc2cccnc2)c(OC)c1. The Bertz CT molecular complexity index is 1300. The Morgan fingerprint density at radius 3 is 2.38 bits per heavy atom. The summed E-state index contributed by atoms with van der Waals surface area (Å²) in [7, 11) is 3.04. The van der Waals surface area contributed by atoms with E-state index in [2.05, 4.69) is 18.8 Å². The van der Waals surface area contributed by atoms with E-state index < -0.39 is 17.7 Å². The van der Waals surface area contributed by atoms with Gasteiger partial charge in [-0.3, -0.25) is 14.6 Å². The third-order valence-electron chi connectivity index (χ3n) is 6.06. The molecule has 0 radical (unpaired) electrons. The van der Waals surface area contributed by atoms with Crippen molar-refractivity contribution in [2.45, 2.75) is 26.4 Å². The predicted octanol–water partition coefficient (Wildman–Crippen LogP) is 4.76. The maximum atomic E-state index is 13.4. The van der Waals surface area contributed by atoms with Gasteiger partial charge in [0.25, 0.3) is 11.7 Å². The normalized spacial score (nSPS) is 16.8. The van der Waals surface area contributed by atoms with Crippen molar-refractivity contribution >= 4 is 17.4 Å². The molecular formula is C29H30N2O6. The highest BCUT2D eigenvalue weighted by Gasteiger charge is 2.47. The molecule has 192 valence electrons. The molecule has 1 atom stereocenters. The molecule has 1 amide bonds. The summed E-state index contributed by atoms with van der Waals surface area (Å²) in [5, 5.41) is 11.4. The Hall–Kier alpha value is -4.33. The number of nitrogens with zero attached hydrogens (tertiary/aromatic N) is 2. The average molecular weight is 503 g/mol. The maximum Gasteiger partial charge on any atom is 0.295 e. The number of carbonyl (C=O) groups excluding carboxylic acids is 2. The summed E-state index contributed by atoms with van der Waals surface area (Å²) in [6, 6.07) is 14.6. The molecule has 0 aliphatic carbocycles. The molecule has 2 heterocycles. The molecule has 0 bridgehead atoms. The van der Waals surface area contributed by atoms with Gasteiger partial charge >= 0.3 is 0 Å². The lowest BCUT2D eigenvalue weighted by atomic mass is 9.94. The Balaban J connectivity index is 1.82. The number of amides is 1. The molecule has 1 fully saturated rings. The highest BCUT2D eigenvalue weighted by molar-refractivity contribution is 6.46. The van der Waals surface area contributed by atoms with Gasteiger partial charge in [-0.2, -0.15) is 0 Å². The van der Waals surface area contributed by atoms with Gasteiger partial charge in [0.15, 0.2) is 0 Å². The van der Waals surface area contributed by atoms with Crippen LogP contribution in [-0.4, -0.2) is 47.5 Å². The number of pyridine rings is 1. The maximum absolute atomic E-state index is 13.4. The fraction of sp³-hybridized carbons (Fsp3) is 0.276. The van der Waals surface area contributed by atoms with Crippen molar-refractivity contribution < 1.29 is 28.9 Å². The average Bonchev–Trinajstić information content (AvgIpc) is 3.16. The highest BCUT2D eigenvalue weighted by atomic mass is 16.5. The van der Waals surface area contributed by atoms with Crippen LogP contribution in [0.4, 0.5) is 0 Å². The first-order valence-electron chi connectivity index (χ1n) is 12.0. The van der Waals surface area contributed by atoms with Crippen molar-refractivity contribution in [3.63, 3.8) is 0 Å². The van der Waals surface area contributed by atoms with E-state index in [-0.39, 0.29) is 17.9 Å². The van der Waals surface area contributed by atoms with Crippen LogP contribution >= 0.6 is 0 Å². The molecule has 1 aliphatic rings.